The molecule has 0 fully saturated rings. The maximum Gasteiger partial charge on any atom is 0.573 e. The SMILES string of the molecule is CCn1nc(C)cc1C(O)c1ccccc1OC(F)(F)F. The third kappa shape index (κ3) is 3.55. The first-order chi connectivity index (χ1) is 9.81. The standard InChI is InChI=1S/C14H15F3N2O2/c1-3-19-11(8-9(2)18-19)13(20)10-6-4-5-7-12(10)21-14(15,16)17/h4-8,13,20H,3H2,1-2H3. The van der Waals surface area contributed by atoms with E-state index in [9.17, 15) is 18.3 Å². The number of halogens is 3. The van der Waals surface area contributed by atoms with Crippen LogP contribution >= 0.6 is 0 Å². The monoisotopic (exact) mass is 300 g/mol. The molecule has 0 bridgehead atoms. The van der Waals surface area contributed by atoms with Gasteiger partial charge in [-0.05, 0) is 26.0 Å². The van der Waals surface area contributed by atoms with E-state index in [1.807, 2.05) is 6.92 Å². The zero-order valence-electron chi connectivity index (χ0n) is 11.6. The third-order valence-electron chi connectivity index (χ3n) is 2.95. The van der Waals surface area contributed by atoms with Crippen molar-refractivity contribution in [3.8, 4) is 5.75 Å². The number of rotatable bonds is 4. The van der Waals surface area contributed by atoms with Gasteiger partial charge in [0.05, 0.1) is 11.4 Å². The maximum atomic E-state index is 12.4. The van der Waals surface area contributed by atoms with Crippen molar-refractivity contribution in [2.75, 3.05) is 0 Å². The molecule has 7 heteroatoms. The van der Waals surface area contributed by atoms with Crippen molar-refractivity contribution in [2.45, 2.75) is 32.9 Å². The molecule has 0 amide bonds. The van der Waals surface area contributed by atoms with E-state index in [2.05, 4.69) is 9.84 Å². The van der Waals surface area contributed by atoms with Crippen LogP contribution in [0, 0.1) is 6.92 Å². The van der Waals surface area contributed by atoms with Crippen molar-refractivity contribution in [1.82, 2.24) is 9.78 Å². The van der Waals surface area contributed by atoms with Crippen LogP contribution in [0.4, 0.5) is 13.2 Å². The molecule has 0 saturated carbocycles. The minimum absolute atomic E-state index is 0.0458. The fourth-order valence-corrected chi connectivity index (χ4v) is 2.12. The Morgan fingerprint density at radius 1 is 1.33 bits per heavy atom. The molecule has 1 unspecified atom stereocenters. The van der Waals surface area contributed by atoms with Gasteiger partial charge in [-0.2, -0.15) is 5.10 Å². The van der Waals surface area contributed by atoms with Gasteiger partial charge in [-0.15, -0.1) is 13.2 Å². The van der Waals surface area contributed by atoms with E-state index in [-0.39, 0.29) is 5.56 Å². The largest absolute Gasteiger partial charge is 0.573 e. The van der Waals surface area contributed by atoms with Crippen LogP contribution in [0.2, 0.25) is 0 Å². The fourth-order valence-electron chi connectivity index (χ4n) is 2.12. The van der Waals surface area contributed by atoms with Crippen molar-refractivity contribution >= 4 is 0 Å². The number of hydrogen-bond acceptors (Lipinski definition) is 3. The lowest BCUT2D eigenvalue weighted by Gasteiger charge is -2.17. The van der Waals surface area contributed by atoms with Gasteiger partial charge in [0.25, 0.3) is 0 Å². The number of nitrogens with zero attached hydrogens (tertiary/aromatic N) is 2. The molecule has 1 atom stereocenters. The molecular weight excluding hydrogens is 285 g/mol. The number of benzene rings is 1. The van der Waals surface area contributed by atoms with Gasteiger partial charge >= 0.3 is 6.36 Å². The molecule has 0 saturated heterocycles. The first-order valence-corrected chi connectivity index (χ1v) is 6.39. The van der Waals surface area contributed by atoms with E-state index >= 15 is 0 Å². The molecule has 2 rings (SSSR count). The van der Waals surface area contributed by atoms with Crippen LogP contribution in [-0.2, 0) is 6.54 Å². The van der Waals surface area contributed by atoms with Gasteiger partial charge in [0.2, 0.25) is 0 Å². The average Bonchev–Trinajstić information content (AvgIpc) is 2.78. The second-order valence-corrected chi connectivity index (χ2v) is 4.51. The van der Waals surface area contributed by atoms with Gasteiger partial charge in [0.1, 0.15) is 11.9 Å². The van der Waals surface area contributed by atoms with E-state index < -0.39 is 18.2 Å². The van der Waals surface area contributed by atoms with Crippen molar-refractivity contribution in [1.29, 1.82) is 0 Å². The Balaban J connectivity index is 2.41. The Kier molecular flexibility index (Phi) is 4.22. The Hall–Kier alpha value is -2.02. The highest BCUT2D eigenvalue weighted by molar-refractivity contribution is 5.39. The molecule has 1 aromatic heterocycles. The Labute approximate surface area is 119 Å². The first-order valence-electron chi connectivity index (χ1n) is 6.39. The Bertz CT molecular complexity index is 623. The van der Waals surface area contributed by atoms with Crippen molar-refractivity contribution < 1.29 is 23.0 Å². The van der Waals surface area contributed by atoms with Gasteiger partial charge in [0, 0.05) is 12.1 Å². The predicted molar refractivity (Wildman–Crippen MR) is 69.8 cm³/mol. The lowest BCUT2D eigenvalue weighted by atomic mass is 10.1. The first kappa shape index (κ1) is 15.4. The summed E-state index contributed by atoms with van der Waals surface area (Å²) in [6.07, 6.45) is -6.05. The minimum Gasteiger partial charge on any atom is -0.405 e. The van der Waals surface area contributed by atoms with Gasteiger partial charge in [-0.3, -0.25) is 4.68 Å². The number of alkyl halides is 3. The van der Waals surface area contributed by atoms with Crippen LogP contribution in [0.1, 0.15) is 30.0 Å². The Morgan fingerprint density at radius 2 is 2.00 bits per heavy atom. The lowest BCUT2D eigenvalue weighted by Crippen LogP contribution is -2.19. The van der Waals surface area contributed by atoms with Crippen molar-refractivity contribution in [3.63, 3.8) is 0 Å². The lowest BCUT2D eigenvalue weighted by molar-refractivity contribution is -0.275. The summed E-state index contributed by atoms with van der Waals surface area (Å²) in [6.45, 7) is 4.09. The summed E-state index contributed by atoms with van der Waals surface area (Å²) in [4.78, 5) is 0. The highest BCUT2D eigenvalue weighted by Gasteiger charge is 2.33. The number of aliphatic hydroxyl groups excluding tert-OH is 1. The number of para-hydroxylation sites is 1. The zero-order valence-corrected chi connectivity index (χ0v) is 11.6. The quantitative estimate of drug-likeness (QED) is 0.943. The predicted octanol–water partition coefficient (Wildman–Crippen LogP) is 3.19. The molecule has 1 aromatic carbocycles. The molecule has 0 aliphatic rings. The molecule has 114 valence electrons. The van der Waals surface area contributed by atoms with E-state index in [0.29, 0.717) is 17.9 Å². The molecule has 21 heavy (non-hydrogen) atoms. The molecular formula is C14H15F3N2O2. The summed E-state index contributed by atoms with van der Waals surface area (Å²) in [5, 5.41) is 14.6. The fraction of sp³-hybridized carbons (Fsp3) is 0.357. The van der Waals surface area contributed by atoms with E-state index in [1.165, 1.54) is 18.2 Å². The van der Waals surface area contributed by atoms with E-state index in [1.54, 1.807) is 23.7 Å². The number of aryl methyl sites for hydroxylation is 2. The number of aliphatic hydroxyl groups is 1. The molecule has 0 radical (unpaired) electrons. The van der Waals surface area contributed by atoms with Crippen LogP contribution in [0.3, 0.4) is 0 Å². The van der Waals surface area contributed by atoms with Gasteiger partial charge in [0.15, 0.2) is 0 Å². The zero-order chi connectivity index (χ0) is 15.6. The second-order valence-electron chi connectivity index (χ2n) is 4.51. The number of aromatic nitrogens is 2. The summed E-state index contributed by atoms with van der Waals surface area (Å²) < 4.78 is 42.8. The third-order valence-corrected chi connectivity index (χ3v) is 2.95. The number of ether oxygens (including phenoxy) is 1. The highest BCUT2D eigenvalue weighted by atomic mass is 19.4. The molecule has 1 heterocycles. The van der Waals surface area contributed by atoms with Crippen LogP contribution in [0.5, 0.6) is 5.75 Å². The van der Waals surface area contributed by atoms with Crippen LogP contribution in [0.25, 0.3) is 0 Å². The smallest absolute Gasteiger partial charge is 0.405 e. The maximum absolute atomic E-state index is 12.4. The normalized spacial score (nSPS) is 13.2. The molecule has 1 N–H and O–H groups in total. The molecule has 0 spiro atoms. The van der Waals surface area contributed by atoms with Crippen molar-refractivity contribution in [2.24, 2.45) is 0 Å². The topological polar surface area (TPSA) is 47.3 Å². The Morgan fingerprint density at radius 3 is 2.62 bits per heavy atom. The summed E-state index contributed by atoms with van der Waals surface area (Å²) >= 11 is 0. The van der Waals surface area contributed by atoms with Gasteiger partial charge in [-0.1, -0.05) is 18.2 Å². The minimum atomic E-state index is -4.81. The molecule has 0 aliphatic carbocycles. The summed E-state index contributed by atoms with van der Waals surface area (Å²) in [6, 6.07) is 7.17. The van der Waals surface area contributed by atoms with Gasteiger partial charge in [-0.25, -0.2) is 0 Å². The summed E-state index contributed by atoms with van der Waals surface area (Å²) in [5.74, 6) is -0.418. The van der Waals surface area contributed by atoms with Gasteiger partial charge < -0.3 is 9.84 Å². The summed E-state index contributed by atoms with van der Waals surface area (Å²) in [7, 11) is 0. The molecule has 2 aromatic rings. The number of hydrogen-bond donors (Lipinski definition) is 1. The highest BCUT2D eigenvalue weighted by Crippen LogP contribution is 2.33. The summed E-state index contributed by atoms with van der Waals surface area (Å²) in [5.41, 5.74) is 1.15. The second kappa shape index (κ2) is 5.77. The van der Waals surface area contributed by atoms with Crippen LogP contribution < -0.4 is 4.74 Å². The van der Waals surface area contributed by atoms with Crippen LogP contribution in [0.15, 0.2) is 30.3 Å². The van der Waals surface area contributed by atoms with Crippen LogP contribution in [-0.4, -0.2) is 21.2 Å². The molecule has 4 nitrogen and oxygen atoms in total. The van der Waals surface area contributed by atoms with E-state index in [4.69, 9.17) is 0 Å². The average molecular weight is 300 g/mol. The molecule has 0 aliphatic heterocycles. The van der Waals surface area contributed by atoms with Crippen molar-refractivity contribution in [3.05, 3.63) is 47.3 Å². The van der Waals surface area contributed by atoms with E-state index in [0.717, 1.165) is 0 Å².